The van der Waals surface area contributed by atoms with Gasteiger partial charge in [0.2, 0.25) is 0 Å². The van der Waals surface area contributed by atoms with Crippen LogP contribution >= 0.6 is 22.9 Å². The summed E-state index contributed by atoms with van der Waals surface area (Å²) in [5.74, 6) is 0.249. The molecule has 0 fully saturated rings. The van der Waals surface area contributed by atoms with E-state index in [0.717, 1.165) is 15.6 Å². The first-order valence-electron chi connectivity index (χ1n) is 11.1. The maximum Gasteiger partial charge on any atom is 0.355 e. The molecule has 7 nitrogen and oxygen atoms in total. The minimum atomic E-state index is -0.565. The number of ether oxygens (including phenoxy) is 3. The Morgan fingerprint density at radius 1 is 1.03 bits per heavy atom. The maximum atomic E-state index is 12.8. The van der Waals surface area contributed by atoms with Gasteiger partial charge in [-0.1, -0.05) is 47.5 Å². The quantitative estimate of drug-likeness (QED) is 0.126. The van der Waals surface area contributed by atoms with Crippen LogP contribution in [0.15, 0.2) is 71.8 Å². The molecule has 1 aromatic heterocycles. The normalized spacial score (nSPS) is 11.0. The fourth-order valence-electron chi connectivity index (χ4n) is 3.24. The highest BCUT2D eigenvalue weighted by Gasteiger charge is 2.20. The number of hydrogen-bond donors (Lipinski definition) is 1. The predicted octanol–water partition coefficient (Wildman–Crippen LogP) is 6.01. The predicted molar refractivity (Wildman–Crippen MR) is 142 cm³/mol. The topological polar surface area (TPSA) is 86.2 Å². The third kappa shape index (κ3) is 6.21. The number of hydrazone groups is 1. The van der Waals surface area contributed by atoms with Crippen LogP contribution in [0.2, 0.25) is 5.02 Å². The first kappa shape index (κ1) is 25.2. The first-order chi connectivity index (χ1) is 17.4. The fraction of sp³-hybridized carbons (Fsp3) is 0.148. The van der Waals surface area contributed by atoms with Crippen LogP contribution in [-0.2, 0) is 4.79 Å². The number of carbonyl (C=O) groups is 2. The standard InChI is InChI=1S/C27H23ClN2O5S/c1-3-33-22-14-18(15-29-30-24(31)16-34-19-11-8-17(2)9-12-19)10-13-21(22)35-27(32)26-25(28)20-6-4-5-7-23(20)36-26/h4-15H,3,16H2,1-2H3,(H,30,31)/b29-15-. The summed E-state index contributed by atoms with van der Waals surface area (Å²) in [6.07, 6.45) is 1.46. The number of thiophene rings is 1. The number of benzene rings is 3. The molecule has 0 radical (unpaired) electrons. The van der Waals surface area contributed by atoms with Gasteiger partial charge in [0, 0.05) is 10.1 Å². The molecular formula is C27H23ClN2O5S. The lowest BCUT2D eigenvalue weighted by atomic mass is 10.2. The van der Waals surface area contributed by atoms with Gasteiger partial charge in [0.1, 0.15) is 10.6 Å². The molecule has 0 aliphatic heterocycles. The largest absolute Gasteiger partial charge is 0.490 e. The summed E-state index contributed by atoms with van der Waals surface area (Å²) in [4.78, 5) is 25.2. The summed E-state index contributed by atoms with van der Waals surface area (Å²) in [7, 11) is 0. The molecule has 184 valence electrons. The maximum absolute atomic E-state index is 12.8. The van der Waals surface area contributed by atoms with Gasteiger partial charge in [0.05, 0.1) is 17.8 Å². The van der Waals surface area contributed by atoms with Crippen molar-refractivity contribution >= 4 is 51.1 Å². The van der Waals surface area contributed by atoms with Crippen LogP contribution in [-0.4, -0.2) is 31.3 Å². The second kappa shape index (κ2) is 11.7. The molecule has 0 bridgehead atoms. The number of halogens is 1. The van der Waals surface area contributed by atoms with E-state index in [9.17, 15) is 9.59 Å². The SMILES string of the molecule is CCOc1cc(/C=N\NC(=O)COc2ccc(C)cc2)ccc1OC(=O)c1sc2ccccc2c1Cl. The van der Waals surface area contributed by atoms with Crippen molar-refractivity contribution in [3.05, 3.63) is 87.8 Å². The number of amides is 1. The van der Waals surface area contributed by atoms with Gasteiger partial charge in [-0.15, -0.1) is 11.3 Å². The molecule has 1 amide bonds. The third-order valence-electron chi connectivity index (χ3n) is 4.98. The summed E-state index contributed by atoms with van der Waals surface area (Å²) in [6.45, 7) is 3.99. The zero-order valence-electron chi connectivity index (χ0n) is 19.6. The number of rotatable bonds is 9. The smallest absolute Gasteiger partial charge is 0.355 e. The Bertz CT molecular complexity index is 1420. The third-order valence-corrected chi connectivity index (χ3v) is 6.64. The fourth-order valence-corrected chi connectivity index (χ4v) is 4.63. The summed E-state index contributed by atoms with van der Waals surface area (Å²) in [5, 5.41) is 5.13. The van der Waals surface area contributed by atoms with E-state index in [2.05, 4.69) is 10.5 Å². The van der Waals surface area contributed by atoms with Gasteiger partial charge in [-0.25, -0.2) is 10.2 Å². The van der Waals surface area contributed by atoms with Crippen LogP contribution in [0.1, 0.15) is 27.7 Å². The molecule has 9 heteroatoms. The molecule has 0 spiro atoms. The van der Waals surface area contributed by atoms with Gasteiger partial charge in [0.15, 0.2) is 18.1 Å². The van der Waals surface area contributed by atoms with E-state index in [0.29, 0.717) is 33.6 Å². The second-order valence-corrected chi connectivity index (χ2v) is 9.10. The number of fused-ring (bicyclic) bond motifs is 1. The van der Waals surface area contributed by atoms with Gasteiger partial charge in [0.25, 0.3) is 5.91 Å². The molecule has 0 aliphatic carbocycles. The molecule has 0 saturated heterocycles. The van der Waals surface area contributed by atoms with E-state index in [4.69, 9.17) is 25.8 Å². The van der Waals surface area contributed by atoms with E-state index in [-0.39, 0.29) is 12.4 Å². The van der Waals surface area contributed by atoms with Crippen molar-refractivity contribution in [3.8, 4) is 17.2 Å². The lowest BCUT2D eigenvalue weighted by Gasteiger charge is -2.11. The van der Waals surface area contributed by atoms with Crippen molar-refractivity contribution in [2.24, 2.45) is 5.10 Å². The average molecular weight is 523 g/mol. The number of esters is 1. The van der Waals surface area contributed by atoms with E-state index < -0.39 is 11.9 Å². The summed E-state index contributed by atoms with van der Waals surface area (Å²) < 4.78 is 17.6. The number of nitrogens with zero attached hydrogens (tertiary/aromatic N) is 1. The minimum absolute atomic E-state index is 0.167. The van der Waals surface area contributed by atoms with Crippen LogP contribution in [0, 0.1) is 6.92 Å². The van der Waals surface area contributed by atoms with Crippen molar-refractivity contribution in [1.29, 1.82) is 0 Å². The zero-order valence-corrected chi connectivity index (χ0v) is 21.2. The summed E-state index contributed by atoms with van der Waals surface area (Å²) in [5.41, 5.74) is 4.16. The van der Waals surface area contributed by atoms with Crippen molar-refractivity contribution in [2.75, 3.05) is 13.2 Å². The Morgan fingerprint density at radius 3 is 2.56 bits per heavy atom. The molecule has 36 heavy (non-hydrogen) atoms. The molecule has 0 unspecified atom stereocenters. The van der Waals surface area contributed by atoms with E-state index >= 15 is 0 Å². The van der Waals surface area contributed by atoms with Crippen LogP contribution in [0.5, 0.6) is 17.2 Å². The van der Waals surface area contributed by atoms with Gasteiger partial charge < -0.3 is 14.2 Å². The molecular weight excluding hydrogens is 500 g/mol. The van der Waals surface area contributed by atoms with Crippen molar-refractivity contribution in [3.63, 3.8) is 0 Å². The summed E-state index contributed by atoms with van der Waals surface area (Å²) >= 11 is 7.68. The number of hydrogen-bond acceptors (Lipinski definition) is 7. The highest BCUT2D eigenvalue weighted by atomic mass is 35.5. The van der Waals surface area contributed by atoms with Gasteiger partial charge in [-0.05, 0) is 55.8 Å². The van der Waals surface area contributed by atoms with Gasteiger partial charge in [-0.2, -0.15) is 5.10 Å². The van der Waals surface area contributed by atoms with E-state index in [1.54, 1.807) is 30.3 Å². The molecule has 4 rings (SSSR count). The first-order valence-corrected chi connectivity index (χ1v) is 12.3. The molecule has 1 N–H and O–H groups in total. The Hall–Kier alpha value is -3.88. The molecule has 0 atom stereocenters. The van der Waals surface area contributed by atoms with E-state index in [1.807, 2.05) is 50.2 Å². The Labute approximate surface area is 217 Å². The molecule has 0 saturated carbocycles. The van der Waals surface area contributed by atoms with Gasteiger partial charge in [-0.3, -0.25) is 4.79 Å². The summed E-state index contributed by atoms with van der Waals surface area (Å²) in [6, 6.07) is 19.9. The molecule has 0 aliphatic rings. The van der Waals surface area contributed by atoms with Crippen LogP contribution in [0.3, 0.4) is 0 Å². The zero-order chi connectivity index (χ0) is 25.5. The van der Waals surface area contributed by atoms with Crippen molar-refractivity contribution < 1.29 is 23.8 Å². The monoisotopic (exact) mass is 522 g/mol. The minimum Gasteiger partial charge on any atom is -0.490 e. The highest BCUT2D eigenvalue weighted by Crippen LogP contribution is 2.37. The highest BCUT2D eigenvalue weighted by molar-refractivity contribution is 7.21. The van der Waals surface area contributed by atoms with Crippen molar-refractivity contribution in [2.45, 2.75) is 13.8 Å². The van der Waals surface area contributed by atoms with Crippen LogP contribution < -0.4 is 19.6 Å². The van der Waals surface area contributed by atoms with Crippen molar-refractivity contribution in [1.82, 2.24) is 5.43 Å². The lowest BCUT2D eigenvalue weighted by Crippen LogP contribution is -2.24. The molecule has 3 aromatic carbocycles. The Kier molecular flexibility index (Phi) is 8.20. The van der Waals surface area contributed by atoms with Crippen LogP contribution in [0.25, 0.3) is 10.1 Å². The number of carbonyl (C=O) groups excluding carboxylic acids is 2. The van der Waals surface area contributed by atoms with Crippen LogP contribution in [0.4, 0.5) is 0 Å². The molecule has 1 heterocycles. The number of nitrogens with one attached hydrogen (secondary N) is 1. The average Bonchev–Trinajstić information content (AvgIpc) is 3.22. The lowest BCUT2D eigenvalue weighted by molar-refractivity contribution is -0.123. The Morgan fingerprint density at radius 2 is 1.81 bits per heavy atom. The molecule has 4 aromatic rings. The Balaban J connectivity index is 1.39. The van der Waals surface area contributed by atoms with Gasteiger partial charge >= 0.3 is 5.97 Å². The number of aryl methyl sites for hydroxylation is 1. The van der Waals surface area contributed by atoms with E-state index in [1.165, 1.54) is 17.6 Å². The second-order valence-electron chi connectivity index (χ2n) is 7.66.